The summed E-state index contributed by atoms with van der Waals surface area (Å²) in [5.41, 5.74) is 1.19. The summed E-state index contributed by atoms with van der Waals surface area (Å²) in [5, 5.41) is 11.5. The van der Waals surface area contributed by atoms with E-state index < -0.39 is 12.1 Å². The first-order valence-electron chi connectivity index (χ1n) is 10.2. The zero-order valence-corrected chi connectivity index (χ0v) is 17.8. The van der Waals surface area contributed by atoms with E-state index in [-0.39, 0.29) is 11.7 Å². The number of carboxylic acid groups (broad SMARTS) is 1. The van der Waals surface area contributed by atoms with E-state index in [0.29, 0.717) is 11.9 Å². The first-order valence-corrected chi connectivity index (χ1v) is 10.2. The smallest absolute Gasteiger partial charge is 0.475 e. The lowest BCUT2D eigenvalue weighted by Gasteiger charge is -2.53. The van der Waals surface area contributed by atoms with E-state index in [9.17, 15) is 13.2 Å². The van der Waals surface area contributed by atoms with Crippen LogP contribution in [-0.2, 0) is 16.1 Å². The maximum Gasteiger partial charge on any atom is 0.490 e. The Morgan fingerprint density at radius 2 is 2.06 bits per heavy atom. The summed E-state index contributed by atoms with van der Waals surface area (Å²) in [6.07, 6.45) is 5.96. The van der Waals surface area contributed by atoms with Gasteiger partial charge in [0.05, 0.1) is 24.6 Å². The van der Waals surface area contributed by atoms with E-state index >= 15 is 0 Å². The zero-order valence-electron chi connectivity index (χ0n) is 17.8. The number of aliphatic carboxylic acids is 1. The van der Waals surface area contributed by atoms with Crippen molar-refractivity contribution < 1.29 is 32.5 Å². The van der Waals surface area contributed by atoms with Crippen molar-refractivity contribution in [1.82, 2.24) is 24.6 Å². The molecule has 0 saturated carbocycles. The summed E-state index contributed by atoms with van der Waals surface area (Å²) in [4.78, 5) is 19.6. The van der Waals surface area contributed by atoms with Crippen molar-refractivity contribution in [3.05, 3.63) is 36.5 Å². The number of halogens is 3. The van der Waals surface area contributed by atoms with Crippen LogP contribution in [0.1, 0.15) is 38.3 Å². The Bertz CT molecular complexity index is 885. The molecule has 2 aromatic rings. The minimum Gasteiger partial charge on any atom is -0.475 e. The van der Waals surface area contributed by atoms with Crippen LogP contribution in [0.3, 0.4) is 0 Å². The molecule has 0 aliphatic carbocycles. The standard InChI is InChI=1S/C18H25N5O2.C2HF3O2/c1-14(2)23-11-15(8-21-23)10-22-12-18(13-22)7-16(3-6-24-18)25-17-9-19-4-5-20-17;3-2(4,5)1(6)7/h4-5,8-9,11,14,16H,3,6-7,10,12-13H2,1-2H3;(H,6,7). The number of ether oxygens (including phenoxy) is 2. The highest BCUT2D eigenvalue weighted by Crippen LogP contribution is 2.36. The number of hydrogen-bond acceptors (Lipinski definition) is 7. The normalized spacial score (nSPS) is 20.4. The number of alkyl halides is 3. The third-order valence-electron chi connectivity index (χ3n) is 5.13. The predicted molar refractivity (Wildman–Crippen MR) is 106 cm³/mol. The van der Waals surface area contributed by atoms with E-state index in [1.165, 1.54) is 5.56 Å². The highest BCUT2D eigenvalue weighted by molar-refractivity contribution is 5.73. The molecule has 2 aliphatic heterocycles. The fraction of sp³-hybridized carbons (Fsp3) is 0.600. The lowest BCUT2D eigenvalue weighted by molar-refractivity contribution is -0.192. The van der Waals surface area contributed by atoms with Gasteiger partial charge in [0.25, 0.3) is 0 Å². The number of hydrogen-bond donors (Lipinski definition) is 1. The van der Waals surface area contributed by atoms with Gasteiger partial charge in [0, 0.05) is 62.7 Å². The molecule has 0 bridgehead atoms. The molecule has 176 valence electrons. The highest BCUT2D eigenvalue weighted by Gasteiger charge is 2.48. The van der Waals surface area contributed by atoms with Gasteiger partial charge in [0.15, 0.2) is 0 Å². The Morgan fingerprint density at radius 3 is 2.62 bits per heavy atom. The van der Waals surface area contributed by atoms with E-state index in [4.69, 9.17) is 19.4 Å². The van der Waals surface area contributed by atoms with E-state index in [0.717, 1.165) is 39.1 Å². The molecule has 4 heterocycles. The minimum atomic E-state index is -5.08. The van der Waals surface area contributed by atoms with Crippen molar-refractivity contribution in [3.63, 3.8) is 0 Å². The van der Waals surface area contributed by atoms with Crippen molar-refractivity contribution >= 4 is 5.97 Å². The topological polar surface area (TPSA) is 103 Å². The van der Waals surface area contributed by atoms with Gasteiger partial charge in [-0.25, -0.2) is 9.78 Å². The summed E-state index contributed by atoms with van der Waals surface area (Å²) in [7, 11) is 0. The molecular weight excluding hydrogens is 431 g/mol. The number of carboxylic acids is 1. The lowest BCUT2D eigenvalue weighted by Crippen LogP contribution is -2.65. The van der Waals surface area contributed by atoms with Crippen LogP contribution in [0.4, 0.5) is 13.2 Å². The molecule has 0 aromatic carbocycles. The quantitative estimate of drug-likeness (QED) is 0.731. The lowest BCUT2D eigenvalue weighted by atomic mass is 9.84. The third kappa shape index (κ3) is 6.39. The van der Waals surface area contributed by atoms with Crippen LogP contribution < -0.4 is 4.74 Å². The van der Waals surface area contributed by atoms with Crippen molar-refractivity contribution in [2.45, 2.75) is 57.2 Å². The predicted octanol–water partition coefficient (Wildman–Crippen LogP) is 2.70. The van der Waals surface area contributed by atoms with Crippen LogP contribution in [0, 0.1) is 0 Å². The van der Waals surface area contributed by atoms with Gasteiger partial charge in [0.1, 0.15) is 6.10 Å². The summed E-state index contributed by atoms with van der Waals surface area (Å²) in [6.45, 7) is 7.84. The zero-order chi connectivity index (χ0) is 23.4. The van der Waals surface area contributed by atoms with Gasteiger partial charge in [-0.3, -0.25) is 14.6 Å². The van der Waals surface area contributed by atoms with Gasteiger partial charge in [-0.1, -0.05) is 0 Å². The van der Waals surface area contributed by atoms with Crippen LogP contribution in [0.25, 0.3) is 0 Å². The first kappa shape index (κ1) is 23.9. The van der Waals surface area contributed by atoms with Crippen LogP contribution >= 0.6 is 0 Å². The molecule has 0 amide bonds. The molecule has 1 N–H and O–H groups in total. The maximum absolute atomic E-state index is 10.6. The molecule has 2 aromatic heterocycles. The van der Waals surface area contributed by atoms with Crippen LogP contribution in [0.15, 0.2) is 31.0 Å². The van der Waals surface area contributed by atoms with E-state index in [1.54, 1.807) is 18.6 Å². The molecule has 4 rings (SSSR count). The molecule has 2 aliphatic rings. The van der Waals surface area contributed by atoms with Crippen LogP contribution in [0.5, 0.6) is 5.88 Å². The number of aromatic nitrogens is 4. The average molecular weight is 457 g/mol. The van der Waals surface area contributed by atoms with Crippen LogP contribution in [0.2, 0.25) is 0 Å². The minimum absolute atomic E-state index is 0.0703. The Kier molecular flexibility index (Phi) is 7.34. The molecule has 1 atom stereocenters. The molecule has 32 heavy (non-hydrogen) atoms. The maximum atomic E-state index is 10.6. The first-order chi connectivity index (χ1) is 15.1. The van der Waals surface area contributed by atoms with Gasteiger partial charge in [-0.05, 0) is 13.8 Å². The Labute approximate surface area is 183 Å². The average Bonchev–Trinajstić information content (AvgIpc) is 3.17. The Morgan fingerprint density at radius 1 is 1.34 bits per heavy atom. The molecular formula is C20H26F3N5O4. The van der Waals surface area contributed by atoms with Gasteiger partial charge >= 0.3 is 12.1 Å². The number of likely N-dealkylation sites (tertiary alicyclic amines) is 1. The van der Waals surface area contributed by atoms with Crippen LogP contribution in [-0.4, -0.2) is 73.3 Å². The van der Waals surface area contributed by atoms with Gasteiger partial charge < -0.3 is 14.6 Å². The van der Waals surface area contributed by atoms with Gasteiger partial charge in [0.2, 0.25) is 5.88 Å². The molecule has 1 unspecified atom stereocenters. The summed E-state index contributed by atoms with van der Waals surface area (Å²) in [6, 6.07) is 0.400. The van der Waals surface area contributed by atoms with Crippen molar-refractivity contribution in [2.24, 2.45) is 0 Å². The van der Waals surface area contributed by atoms with E-state index in [1.807, 2.05) is 10.9 Å². The SMILES string of the molecule is CC(C)n1cc(CN2CC3(CC(Oc4cnccn4)CCO3)C2)cn1.O=C(O)C(F)(F)F. The second-order valence-electron chi connectivity index (χ2n) is 8.18. The molecule has 12 heteroatoms. The monoisotopic (exact) mass is 457 g/mol. The number of rotatable bonds is 5. The van der Waals surface area contributed by atoms with Crippen molar-refractivity contribution in [2.75, 3.05) is 19.7 Å². The third-order valence-corrected chi connectivity index (χ3v) is 5.13. The summed E-state index contributed by atoms with van der Waals surface area (Å²) in [5.74, 6) is -2.16. The molecule has 9 nitrogen and oxygen atoms in total. The second kappa shape index (κ2) is 9.82. The molecule has 2 saturated heterocycles. The molecule has 2 fully saturated rings. The Hall–Kier alpha value is -2.73. The summed E-state index contributed by atoms with van der Waals surface area (Å²) >= 11 is 0. The largest absolute Gasteiger partial charge is 0.490 e. The fourth-order valence-corrected chi connectivity index (χ4v) is 3.70. The van der Waals surface area contributed by atoms with Crippen molar-refractivity contribution in [3.8, 4) is 5.88 Å². The Balaban J connectivity index is 0.000000360. The molecule has 0 radical (unpaired) electrons. The second-order valence-corrected chi connectivity index (χ2v) is 8.18. The fourth-order valence-electron chi connectivity index (χ4n) is 3.70. The van der Waals surface area contributed by atoms with E-state index in [2.05, 4.69) is 40.0 Å². The number of nitrogens with zero attached hydrogens (tertiary/aromatic N) is 5. The highest BCUT2D eigenvalue weighted by atomic mass is 19.4. The number of carbonyl (C=O) groups is 1. The molecule has 1 spiro atoms. The summed E-state index contributed by atoms with van der Waals surface area (Å²) < 4.78 is 45.8. The van der Waals surface area contributed by atoms with Gasteiger partial charge in [-0.2, -0.15) is 18.3 Å². The van der Waals surface area contributed by atoms with Gasteiger partial charge in [-0.15, -0.1) is 0 Å². The van der Waals surface area contributed by atoms with Crippen molar-refractivity contribution in [1.29, 1.82) is 0 Å².